The summed E-state index contributed by atoms with van der Waals surface area (Å²) in [6.45, 7) is 14.4. The number of hydrogen-bond acceptors (Lipinski definition) is 5. The number of thiazole rings is 1. The van der Waals surface area contributed by atoms with Gasteiger partial charge >= 0.3 is 0 Å². The first-order chi connectivity index (χ1) is 15.8. The molecule has 2 aromatic rings. The second-order valence-corrected chi connectivity index (χ2v) is 11.8. The van der Waals surface area contributed by atoms with Crippen LogP contribution < -0.4 is 5.32 Å². The molecule has 1 fully saturated rings. The number of aromatic nitrogens is 1. The Kier molecular flexibility index (Phi) is 8.06. The van der Waals surface area contributed by atoms with Gasteiger partial charge in [-0.3, -0.25) is 4.99 Å². The lowest BCUT2D eigenvalue weighted by atomic mass is 9.70. The number of halogens is 1. The number of nitrogens with one attached hydrogen (secondary N) is 1. The molecule has 1 N–H and O–H groups in total. The highest BCUT2D eigenvalue weighted by Crippen LogP contribution is 2.42. The first-order valence-electron chi connectivity index (χ1n) is 12.1. The summed E-state index contributed by atoms with van der Waals surface area (Å²) in [6, 6.07) is 8.91. The van der Waals surface area contributed by atoms with Crippen LogP contribution in [0.2, 0.25) is 5.02 Å². The number of aliphatic imine (C=N–C) groups is 1. The van der Waals surface area contributed by atoms with Gasteiger partial charge in [-0.1, -0.05) is 63.6 Å². The Bertz CT molecular complexity index is 951. The predicted molar refractivity (Wildman–Crippen MR) is 142 cm³/mol. The van der Waals surface area contributed by atoms with Crippen LogP contribution >= 0.6 is 22.9 Å². The maximum atomic E-state index is 6.12. The molecule has 1 aromatic heterocycles. The van der Waals surface area contributed by atoms with Crippen LogP contribution in [0.1, 0.15) is 62.2 Å². The Labute approximate surface area is 208 Å². The highest BCUT2D eigenvalue weighted by atomic mass is 35.5. The summed E-state index contributed by atoms with van der Waals surface area (Å²) in [5.74, 6) is 1.37. The molecule has 3 atom stereocenters. The smallest absolute Gasteiger partial charge is 0.105 e. The number of dihydropyridines is 1. The van der Waals surface area contributed by atoms with Crippen LogP contribution in [0, 0.1) is 11.3 Å². The summed E-state index contributed by atoms with van der Waals surface area (Å²) < 4.78 is 0. The molecule has 2 aliphatic rings. The van der Waals surface area contributed by atoms with Gasteiger partial charge in [-0.05, 0) is 47.9 Å². The third-order valence-electron chi connectivity index (χ3n) is 7.06. The molecule has 0 spiro atoms. The number of allylic oxidation sites excluding steroid dienone is 1. The maximum absolute atomic E-state index is 6.12. The fourth-order valence-corrected chi connectivity index (χ4v) is 6.14. The number of rotatable bonds is 8. The molecular weight excluding hydrogens is 448 g/mol. The van der Waals surface area contributed by atoms with Crippen molar-refractivity contribution in [2.45, 2.75) is 58.5 Å². The first-order valence-corrected chi connectivity index (χ1v) is 13.4. The Morgan fingerprint density at radius 2 is 2.03 bits per heavy atom. The van der Waals surface area contributed by atoms with Crippen LogP contribution in [0.5, 0.6) is 0 Å². The molecule has 1 unspecified atom stereocenters. The average Bonchev–Trinajstić information content (AvgIpc) is 3.26. The lowest BCUT2D eigenvalue weighted by Gasteiger charge is -2.46. The number of piperidine rings is 1. The number of nitrogens with zero attached hydrogens (tertiary/aromatic N) is 3. The minimum atomic E-state index is 0.229. The van der Waals surface area contributed by atoms with E-state index < -0.39 is 0 Å². The highest BCUT2D eigenvalue weighted by Gasteiger charge is 2.37. The molecular formula is C27H37ClN4S. The number of likely N-dealkylation sites (tertiary alicyclic amines) is 1. The molecule has 4 rings (SSSR count). The zero-order chi connectivity index (χ0) is 23.4. The molecule has 0 aliphatic carbocycles. The van der Waals surface area contributed by atoms with Crippen LogP contribution in [0.4, 0.5) is 0 Å². The second kappa shape index (κ2) is 10.8. The fraction of sp³-hybridized carbons (Fsp3) is 0.556. The molecule has 0 bridgehead atoms. The van der Waals surface area contributed by atoms with Crippen LogP contribution in [-0.2, 0) is 6.54 Å². The van der Waals surface area contributed by atoms with Gasteiger partial charge < -0.3 is 10.2 Å². The molecule has 3 heterocycles. The summed E-state index contributed by atoms with van der Waals surface area (Å²) in [6.07, 6.45) is 7.53. The normalized spacial score (nSPS) is 23.8. The maximum Gasteiger partial charge on any atom is 0.105 e. The largest absolute Gasteiger partial charge is 0.307 e. The second-order valence-electron chi connectivity index (χ2n) is 10.5. The zero-order valence-corrected chi connectivity index (χ0v) is 21.9. The van der Waals surface area contributed by atoms with Gasteiger partial charge in [0, 0.05) is 42.3 Å². The quantitative estimate of drug-likeness (QED) is 0.457. The van der Waals surface area contributed by atoms with Crippen molar-refractivity contribution in [3.05, 3.63) is 63.1 Å². The SMILES string of the molecule is CC(C)[C@H](CN1CC[C@H](c2ccc(Cl)cc2)C(C)(C)C1)NCc1csc(C2C=CCN=C2)n1. The summed E-state index contributed by atoms with van der Waals surface area (Å²) in [5.41, 5.74) is 2.78. The minimum absolute atomic E-state index is 0.229. The van der Waals surface area contributed by atoms with E-state index >= 15 is 0 Å². The van der Waals surface area contributed by atoms with Gasteiger partial charge in [0.05, 0.1) is 18.2 Å². The molecule has 178 valence electrons. The summed E-state index contributed by atoms with van der Waals surface area (Å²) in [7, 11) is 0. The lowest BCUT2D eigenvalue weighted by molar-refractivity contribution is 0.0791. The van der Waals surface area contributed by atoms with Crippen molar-refractivity contribution in [2.75, 3.05) is 26.2 Å². The van der Waals surface area contributed by atoms with Gasteiger partial charge in [0.15, 0.2) is 0 Å². The van der Waals surface area contributed by atoms with Crippen molar-refractivity contribution >= 4 is 29.2 Å². The summed E-state index contributed by atoms with van der Waals surface area (Å²) >= 11 is 7.86. The predicted octanol–water partition coefficient (Wildman–Crippen LogP) is 6.15. The van der Waals surface area contributed by atoms with Crippen molar-refractivity contribution in [1.82, 2.24) is 15.2 Å². The number of hydrogen-bond donors (Lipinski definition) is 1. The van der Waals surface area contributed by atoms with Crippen molar-refractivity contribution in [1.29, 1.82) is 0 Å². The van der Waals surface area contributed by atoms with E-state index in [0.29, 0.717) is 17.9 Å². The standard InChI is InChI=1S/C27H37ClN4S/c1-19(2)25(30-15-23-17-33-26(31-23)21-6-5-12-29-14-21)16-32-13-11-24(27(3,4)18-32)20-7-9-22(28)10-8-20/h5-10,14,17,19,21,24-25,30H,11-13,15-16,18H2,1-4H3/t21?,24-,25+/m1/s1. The van der Waals surface area contributed by atoms with Crippen molar-refractivity contribution in [3.63, 3.8) is 0 Å². The van der Waals surface area contributed by atoms with E-state index in [-0.39, 0.29) is 11.3 Å². The van der Waals surface area contributed by atoms with E-state index in [0.717, 1.165) is 48.4 Å². The Hall–Kier alpha value is -1.53. The first kappa shape index (κ1) is 24.6. The molecule has 6 heteroatoms. The molecule has 2 aliphatic heterocycles. The van der Waals surface area contributed by atoms with Crippen LogP contribution in [0.25, 0.3) is 0 Å². The van der Waals surface area contributed by atoms with Crippen LogP contribution in [0.15, 0.2) is 46.8 Å². The lowest BCUT2D eigenvalue weighted by Crippen LogP contribution is -2.51. The van der Waals surface area contributed by atoms with E-state index in [4.69, 9.17) is 16.6 Å². The van der Waals surface area contributed by atoms with Crippen molar-refractivity contribution in [2.24, 2.45) is 16.3 Å². The molecule has 0 saturated carbocycles. The van der Waals surface area contributed by atoms with E-state index in [1.165, 1.54) is 12.0 Å². The van der Waals surface area contributed by atoms with Crippen molar-refractivity contribution < 1.29 is 0 Å². The van der Waals surface area contributed by atoms with E-state index in [2.05, 4.69) is 72.6 Å². The molecule has 0 amide bonds. The molecule has 33 heavy (non-hydrogen) atoms. The Morgan fingerprint density at radius 1 is 1.24 bits per heavy atom. The fourth-order valence-electron chi connectivity index (χ4n) is 5.16. The molecule has 1 aromatic carbocycles. The summed E-state index contributed by atoms with van der Waals surface area (Å²) in [5, 5.41) is 7.96. The average molecular weight is 485 g/mol. The minimum Gasteiger partial charge on any atom is -0.307 e. The number of benzene rings is 1. The molecule has 0 radical (unpaired) electrons. The van der Waals surface area contributed by atoms with Gasteiger partial charge in [-0.25, -0.2) is 4.98 Å². The van der Waals surface area contributed by atoms with Gasteiger partial charge in [0.25, 0.3) is 0 Å². The van der Waals surface area contributed by atoms with E-state index in [1.54, 1.807) is 11.3 Å². The van der Waals surface area contributed by atoms with Gasteiger partial charge in [0.1, 0.15) is 5.01 Å². The zero-order valence-electron chi connectivity index (χ0n) is 20.3. The van der Waals surface area contributed by atoms with E-state index in [1.807, 2.05) is 18.3 Å². The van der Waals surface area contributed by atoms with Gasteiger partial charge in [-0.15, -0.1) is 11.3 Å². The molecule has 1 saturated heterocycles. The van der Waals surface area contributed by atoms with Gasteiger partial charge in [0.2, 0.25) is 0 Å². The van der Waals surface area contributed by atoms with Crippen LogP contribution in [-0.4, -0.2) is 48.3 Å². The third kappa shape index (κ3) is 6.33. The molecule has 4 nitrogen and oxygen atoms in total. The summed E-state index contributed by atoms with van der Waals surface area (Å²) in [4.78, 5) is 11.9. The highest BCUT2D eigenvalue weighted by molar-refractivity contribution is 7.09. The monoisotopic (exact) mass is 484 g/mol. The van der Waals surface area contributed by atoms with Crippen molar-refractivity contribution in [3.8, 4) is 0 Å². The third-order valence-corrected chi connectivity index (χ3v) is 8.31. The van der Waals surface area contributed by atoms with Crippen LogP contribution in [0.3, 0.4) is 0 Å². The van der Waals surface area contributed by atoms with Gasteiger partial charge in [-0.2, -0.15) is 0 Å². The topological polar surface area (TPSA) is 40.5 Å². The Balaban J connectivity index is 1.33. The Morgan fingerprint density at radius 3 is 2.70 bits per heavy atom. The van der Waals surface area contributed by atoms with E-state index in [9.17, 15) is 0 Å².